The van der Waals surface area contributed by atoms with Crippen LogP contribution in [0.5, 0.6) is 0 Å². The molecule has 1 aromatic rings. The Morgan fingerprint density at radius 1 is 1.45 bits per heavy atom. The lowest BCUT2D eigenvalue weighted by atomic mass is 10.3. The van der Waals surface area contributed by atoms with Crippen LogP contribution in [0.15, 0.2) is 10.2 Å². The number of hydrogen-bond acceptors (Lipinski definition) is 6. The Morgan fingerprint density at radius 3 is 2.73 bits per heavy atom. The molecule has 120 valence electrons. The fourth-order valence-corrected chi connectivity index (χ4v) is 2.85. The topological polar surface area (TPSA) is 97.7 Å². The predicted octanol–water partition coefficient (Wildman–Crippen LogP) is 0.0918. The maximum atomic E-state index is 12.0. The number of carbonyl (C=O) groups is 3. The normalized spacial score (nSPS) is 15.5. The van der Waals surface area contributed by atoms with Crippen molar-refractivity contribution < 1.29 is 19.1 Å². The molecule has 1 aromatic heterocycles. The summed E-state index contributed by atoms with van der Waals surface area (Å²) in [6.45, 7) is 4.07. The average molecular weight is 327 g/mol. The molecule has 1 aliphatic rings. The van der Waals surface area contributed by atoms with Gasteiger partial charge in [0.15, 0.2) is 6.10 Å². The molecule has 1 atom stereocenters. The zero-order chi connectivity index (χ0) is 16.3. The molecule has 1 saturated heterocycles. The summed E-state index contributed by atoms with van der Waals surface area (Å²) >= 11 is 1.07. The van der Waals surface area contributed by atoms with Gasteiger partial charge in [-0.2, -0.15) is 0 Å². The van der Waals surface area contributed by atoms with Crippen LogP contribution >= 0.6 is 11.3 Å². The lowest BCUT2D eigenvalue weighted by molar-refractivity contribution is -0.157. The van der Waals surface area contributed by atoms with E-state index < -0.39 is 24.0 Å². The molecular formula is C13H17N3O5S. The largest absolute Gasteiger partial charge is 0.452 e. The third-order valence-electron chi connectivity index (χ3n) is 3.29. The van der Waals surface area contributed by atoms with Gasteiger partial charge >= 0.3 is 16.9 Å². The van der Waals surface area contributed by atoms with Crippen molar-refractivity contribution >= 4 is 29.2 Å². The van der Waals surface area contributed by atoms with E-state index in [0.29, 0.717) is 6.54 Å². The minimum Gasteiger partial charge on any atom is -0.452 e. The van der Waals surface area contributed by atoms with Crippen LogP contribution in [0.4, 0.5) is 4.79 Å². The highest BCUT2D eigenvalue weighted by Gasteiger charge is 2.31. The molecule has 22 heavy (non-hydrogen) atoms. The molecule has 0 unspecified atom stereocenters. The van der Waals surface area contributed by atoms with Gasteiger partial charge in [-0.1, -0.05) is 11.3 Å². The number of carbonyl (C=O) groups excluding carboxylic acids is 3. The average Bonchev–Trinajstić information content (AvgIpc) is 3.02. The number of esters is 1. The molecule has 3 amide bonds. The molecule has 0 bridgehead atoms. The van der Waals surface area contributed by atoms with Crippen LogP contribution in [-0.4, -0.2) is 46.6 Å². The van der Waals surface area contributed by atoms with Crippen molar-refractivity contribution in [2.75, 3.05) is 13.1 Å². The summed E-state index contributed by atoms with van der Waals surface area (Å²) in [5, 5.41) is 4.22. The minimum atomic E-state index is -1.03. The molecule has 1 aliphatic heterocycles. The van der Waals surface area contributed by atoms with Crippen molar-refractivity contribution in [2.24, 2.45) is 0 Å². The molecule has 2 heterocycles. The molecule has 9 heteroatoms. The van der Waals surface area contributed by atoms with Crippen molar-refractivity contribution in [3.05, 3.63) is 20.7 Å². The van der Waals surface area contributed by atoms with E-state index >= 15 is 0 Å². The number of hydrogen-bond donors (Lipinski definition) is 1. The number of amides is 3. The lowest BCUT2D eigenvalue weighted by Gasteiger charge is -2.18. The van der Waals surface area contributed by atoms with Crippen molar-refractivity contribution in [1.82, 2.24) is 14.8 Å². The number of aromatic nitrogens is 1. The van der Waals surface area contributed by atoms with Gasteiger partial charge in [0.05, 0.1) is 6.42 Å². The molecular weight excluding hydrogens is 310 g/mol. The van der Waals surface area contributed by atoms with Gasteiger partial charge in [-0.05, 0) is 13.8 Å². The third kappa shape index (κ3) is 3.53. The van der Waals surface area contributed by atoms with Gasteiger partial charge in [0, 0.05) is 30.7 Å². The molecule has 0 aliphatic carbocycles. The Morgan fingerprint density at radius 2 is 2.18 bits per heavy atom. The maximum absolute atomic E-state index is 12.0. The summed E-state index contributed by atoms with van der Waals surface area (Å²) in [5.41, 5.74) is 0.778. The van der Waals surface area contributed by atoms with E-state index in [9.17, 15) is 19.2 Å². The lowest BCUT2D eigenvalue weighted by Crippen LogP contribution is -2.41. The minimum absolute atomic E-state index is 0.0126. The summed E-state index contributed by atoms with van der Waals surface area (Å²) in [5.74, 6) is -1.13. The summed E-state index contributed by atoms with van der Waals surface area (Å²) in [7, 11) is 0. The first-order valence-corrected chi connectivity index (χ1v) is 7.71. The van der Waals surface area contributed by atoms with E-state index in [4.69, 9.17) is 4.74 Å². The van der Waals surface area contributed by atoms with Crippen LogP contribution < -0.4 is 10.2 Å². The van der Waals surface area contributed by atoms with Crippen LogP contribution in [0.2, 0.25) is 0 Å². The number of thiazole rings is 1. The van der Waals surface area contributed by atoms with Crippen LogP contribution in [-0.2, 0) is 20.9 Å². The number of urea groups is 1. The number of aryl methyl sites for hydroxylation is 1. The van der Waals surface area contributed by atoms with Gasteiger partial charge in [0.1, 0.15) is 0 Å². The monoisotopic (exact) mass is 327 g/mol. The van der Waals surface area contributed by atoms with E-state index in [1.165, 1.54) is 11.5 Å². The number of nitrogens with zero attached hydrogens (tertiary/aromatic N) is 2. The van der Waals surface area contributed by atoms with Crippen molar-refractivity contribution in [2.45, 2.75) is 32.9 Å². The van der Waals surface area contributed by atoms with E-state index in [1.54, 1.807) is 12.3 Å². The SMILES string of the molecule is Cc1csc(=O)n1CCC(=O)O[C@@H](C)C(=O)N1CCNC1=O. The first-order valence-electron chi connectivity index (χ1n) is 6.83. The molecule has 0 spiro atoms. The van der Waals surface area contributed by atoms with Crippen molar-refractivity contribution in [3.63, 3.8) is 0 Å². The van der Waals surface area contributed by atoms with Gasteiger partial charge in [-0.25, -0.2) is 4.79 Å². The molecule has 2 rings (SSSR count). The first kappa shape index (κ1) is 16.2. The van der Waals surface area contributed by atoms with Crippen LogP contribution in [0.1, 0.15) is 19.0 Å². The Bertz CT molecular complexity index is 650. The van der Waals surface area contributed by atoms with Crippen LogP contribution in [0.3, 0.4) is 0 Å². The van der Waals surface area contributed by atoms with E-state index in [1.807, 2.05) is 0 Å². The van der Waals surface area contributed by atoms with Crippen LogP contribution in [0, 0.1) is 6.92 Å². The molecule has 8 nitrogen and oxygen atoms in total. The molecule has 0 saturated carbocycles. The van der Waals surface area contributed by atoms with E-state index in [-0.39, 0.29) is 24.4 Å². The second kappa shape index (κ2) is 6.73. The Hall–Kier alpha value is -2.16. The van der Waals surface area contributed by atoms with E-state index in [0.717, 1.165) is 21.9 Å². The number of ether oxygens (including phenoxy) is 1. The van der Waals surface area contributed by atoms with Gasteiger partial charge in [-0.15, -0.1) is 0 Å². The second-order valence-corrected chi connectivity index (χ2v) is 5.72. The van der Waals surface area contributed by atoms with Crippen molar-refractivity contribution in [3.8, 4) is 0 Å². The fraction of sp³-hybridized carbons (Fsp3) is 0.538. The fourth-order valence-electron chi connectivity index (χ4n) is 2.09. The molecule has 1 fully saturated rings. The maximum Gasteiger partial charge on any atom is 0.324 e. The zero-order valence-electron chi connectivity index (χ0n) is 12.3. The summed E-state index contributed by atoms with van der Waals surface area (Å²) in [6, 6.07) is -0.478. The first-order chi connectivity index (χ1) is 10.4. The number of rotatable bonds is 5. The Kier molecular flexibility index (Phi) is 4.96. The molecule has 1 N–H and O–H groups in total. The van der Waals surface area contributed by atoms with Gasteiger partial charge in [-0.3, -0.25) is 19.3 Å². The number of nitrogens with one attached hydrogen (secondary N) is 1. The predicted molar refractivity (Wildman–Crippen MR) is 78.6 cm³/mol. The highest BCUT2D eigenvalue weighted by molar-refractivity contribution is 7.07. The molecule has 0 radical (unpaired) electrons. The zero-order valence-corrected chi connectivity index (χ0v) is 13.1. The highest BCUT2D eigenvalue weighted by Crippen LogP contribution is 2.06. The van der Waals surface area contributed by atoms with Gasteiger partial charge in [0.2, 0.25) is 0 Å². The number of imide groups is 1. The quantitative estimate of drug-likeness (QED) is 0.773. The summed E-state index contributed by atoms with van der Waals surface area (Å²) in [4.78, 5) is 47.5. The second-order valence-electron chi connectivity index (χ2n) is 4.90. The Labute approximate surface area is 130 Å². The third-order valence-corrected chi connectivity index (χ3v) is 4.18. The van der Waals surface area contributed by atoms with Crippen molar-refractivity contribution in [1.29, 1.82) is 0 Å². The van der Waals surface area contributed by atoms with Crippen LogP contribution in [0.25, 0.3) is 0 Å². The summed E-state index contributed by atoms with van der Waals surface area (Å²) in [6.07, 6.45) is -1.04. The van der Waals surface area contributed by atoms with Gasteiger partial charge in [0.25, 0.3) is 5.91 Å². The molecule has 0 aromatic carbocycles. The standard InChI is InChI=1S/C13H17N3O5S/c1-8-7-22-13(20)15(8)5-3-10(17)21-9(2)11(18)16-6-4-14-12(16)19/h7,9H,3-6H2,1-2H3,(H,14,19)/t9-/m0/s1. The smallest absolute Gasteiger partial charge is 0.324 e. The Balaban J connectivity index is 1.85. The van der Waals surface area contributed by atoms with Gasteiger partial charge < -0.3 is 14.6 Å². The van der Waals surface area contributed by atoms with E-state index in [2.05, 4.69) is 5.32 Å². The summed E-state index contributed by atoms with van der Waals surface area (Å²) < 4.78 is 6.51. The highest BCUT2D eigenvalue weighted by atomic mass is 32.1.